The monoisotopic (exact) mass is 504 g/mol. The average molecular weight is 505 g/mol. The summed E-state index contributed by atoms with van der Waals surface area (Å²) in [5, 5.41) is 24.3. The van der Waals surface area contributed by atoms with Gasteiger partial charge in [-0.1, -0.05) is 24.6 Å². The predicted octanol–water partition coefficient (Wildman–Crippen LogP) is 6.56. The molecule has 186 valence electrons. The lowest BCUT2D eigenvalue weighted by Gasteiger charge is -2.25. The maximum Gasteiger partial charge on any atom is 0.238 e. The third-order valence-corrected chi connectivity index (χ3v) is 6.31. The van der Waals surface area contributed by atoms with Crippen molar-refractivity contribution in [3.05, 3.63) is 78.9 Å². The molecule has 0 spiro atoms. The molecule has 0 aromatic heterocycles. The molecule has 3 N–H and O–H groups in total. The van der Waals surface area contributed by atoms with Gasteiger partial charge in [0.1, 0.15) is 23.0 Å². The number of piperidine rings is 1. The molecular weight excluding hydrogens is 476 g/mol. The number of benzene rings is 4. The molecule has 36 heavy (non-hydrogen) atoms. The Morgan fingerprint density at radius 3 is 2.25 bits per heavy atom. The number of hydrogen-bond donors (Lipinski definition) is 3. The van der Waals surface area contributed by atoms with Gasteiger partial charge in [0.05, 0.1) is 6.54 Å². The van der Waals surface area contributed by atoms with E-state index in [0.717, 1.165) is 53.5 Å². The van der Waals surface area contributed by atoms with Crippen LogP contribution in [0.2, 0.25) is 0 Å². The first-order chi connectivity index (χ1) is 17.0. The highest BCUT2D eigenvalue weighted by Gasteiger charge is 2.15. The molecule has 0 bridgehead atoms. The quantitative estimate of drug-likeness (QED) is 0.277. The molecule has 6 nitrogen and oxygen atoms in total. The van der Waals surface area contributed by atoms with Crippen molar-refractivity contribution in [2.24, 2.45) is 0 Å². The Morgan fingerprint density at radius 1 is 0.833 bits per heavy atom. The van der Waals surface area contributed by atoms with E-state index < -0.39 is 0 Å². The van der Waals surface area contributed by atoms with Gasteiger partial charge in [-0.2, -0.15) is 0 Å². The first-order valence-electron chi connectivity index (χ1n) is 11.9. The van der Waals surface area contributed by atoms with E-state index in [0.29, 0.717) is 18.0 Å². The molecular formula is C29H29ClN2O4. The van der Waals surface area contributed by atoms with Crippen LogP contribution in [-0.2, 0) is 4.79 Å². The summed E-state index contributed by atoms with van der Waals surface area (Å²) in [6.07, 6.45) is 3.55. The molecule has 1 aliphatic rings. The van der Waals surface area contributed by atoms with E-state index in [1.807, 2.05) is 54.6 Å². The predicted molar refractivity (Wildman–Crippen MR) is 145 cm³/mol. The van der Waals surface area contributed by atoms with E-state index >= 15 is 0 Å². The second-order valence-corrected chi connectivity index (χ2v) is 8.91. The van der Waals surface area contributed by atoms with Gasteiger partial charge >= 0.3 is 0 Å². The molecule has 4 aromatic rings. The number of nitrogens with one attached hydrogen (secondary N) is 1. The van der Waals surface area contributed by atoms with Crippen molar-refractivity contribution in [3.8, 4) is 34.1 Å². The summed E-state index contributed by atoms with van der Waals surface area (Å²) in [6, 6.07) is 23.3. The number of halogens is 1. The second-order valence-electron chi connectivity index (χ2n) is 8.91. The smallest absolute Gasteiger partial charge is 0.238 e. The Bertz CT molecular complexity index is 1330. The highest BCUT2D eigenvalue weighted by molar-refractivity contribution is 5.96. The number of phenolic OH excluding ortho intramolecular Hbond substituents is 2. The maximum absolute atomic E-state index is 12.4. The van der Waals surface area contributed by atoms with Crippen molar-refractivity contribution in [1.29, 1.82) is 0 Å². The van der Waals surface area contributed by atoms with Crippen LogP contribution in [0.1, 0.15) is 19.3 Å². The lowest BCUT2D eigenvalue weighted by Crippen LogP contribution is -2.36. The lowest BCUT2D eigenvalue weighted by atomic mass is 9.99. The van der Waals surface area contributed by atoms with E-state index in [4.69, 9.17) is 4.74 Å². The maximum atomic E-state index is 12.4. The van der Waals surface area contributed by atoms with Gasteiger partial charge in [0.2, 0.25) is 5.91 Å². The number of fused-ring (bicyclic) bond motifs is 1. The highest BCUT2D eigenvalue weighted by Crippen LogP contribution is 2.41. The summed E-state index contributed by atoms with van der Waals surface area (Å²) in [7, 11) is 0. The fourth-order valence-electron chi connectivity index (χ4n) is 4.51. The van der Waals surface area contributed by atoms with Crippen LogP contribution in [0.15, 0.2) is 78.9 Å². The molecule has 7 heteroatoms. The number of anilines is 1. The molecule has 0 radical (unpaired) electrons. The highest BCUT2D eigenvalue weighted by atomic mass is 35.5. The van der Waals surface area contributed by atoms with Crippen LogP contribution < -0.4 is 10.1 Å². The minimum absolute atomic E-state index is 0. The molecule has 0 unspecified atom stereocenters. The zero-order valence-electron chi connectivity index (χ0n) is 19.8. The fraction of sp³-hybridized carbons (Fsp3) is 0.207. The SMILES string of the molecule is Cl.O=C(CN1CCCCC1)Nc1ccc(Oc2c(-c3ccc(O)cc3)ccc3cc(O)ccc23)cc1. The van der Waals surface area contributed by atoms with Crippen LogP contribution in [-0.4, -0.2) is 40.7 Å². The summed E-state index contributed by atoms with van der Waals surface area (Å²) in [5.41, 5.74) is 2.48. The largest absolute Gasteiger partial charge is 0.508 e. The zero-order chi connectivity index (χ0) is 24.2. The molecule has 0 atom stereocenters. The lowest BCUT2D eigenvalue weighted by molar-refractivity contribution is -0.117. The summed E-state index contributed by atoms with van der Waals surface area (Å²) >= 11 is 0. The van der Waals surface area contributed by atoms with Gasteiger partial charge in [0, 0.05) is 16.6 Å². The van der Waals surface area contributed by atoms with Gasteiger partial charge < -0.3 is 20.3 Å². The van der Waals surface area contributed by atoms with Gasteiger partial charge in [-0.3, -0.25) is 9.69 Å². The van der Waals surface area contributed by atoms with Gasteiger partial charge in [-0.25, -0.2) is 0 Å². The molecule has 4 aromatic carbocycles. The Balaban J connectivity index is 0.00000304. The van der Waals surface area contributed by atoms with E-state index in [-0.39, 0.29) is 29.8 Å². The van der Waals surface area contributed by atoms with Gasteiger partial charge in [-0.15, -0.1) is 12.4 Å². The van der Waals surface area contributed by atoms with Crippen molar-refractivity contribution >= 4 is 34.8 Å². The van der Waals surface area contributed by atoms with Crippen molar-refractivity contribution in [2.45, 2.75) is 19.3 Å². The van der Waals surface area contributed by atoms with E-state index in [1.54, 1.807) is 24.3 Å². The fourth-order valence-corrected chi connectivity index (χ4v) is 4.51. The van der Waals surface area contributed by atoms with Crippen molar-refractivity contribution in [3.63, 3.8) is 0 Å². The number of amides is 1. The molecule has 1 amide bonds. The molecule has 5 rings (SSSR count). The summed E-state index contributed by atoms with van der Waals surface area (Å²) < 4.78 is 6.36. The third-order valence-electron chi connectivity index (χ3n) is 6.31. The molecule has 1 fully saturated rings. The number of rotatable bonds is 6. The molecule has 1 saturated heterocycles. The van der Waals surface area contributed by atoms with Gasteiger partial charge in [0.25, 0.3) is 0 Å². The minimum atomic E-state index is -0.0101. The van der Waals surface area contributed by atoms with Crippen molar-refractivity contribution in [2.75, 3.05) is 25.0 Å². The van der Waals surface area contributed by atoms with Crippen molar-refractivity contribution < 1.29 is 19.7 Å². The number of carbonyl (C=O) groups is 1. The topological polar surface area (TPSA) is 82.0 Å². The number of likely N-dealkylation sites (tertiary alicyclic amines) is 1. The second kappa shape index (κ2) is 11.3. The molecule has 1 heterocycles. The van der Waals surface area contributed by atoms with Crippen LogP contribution in [0.5, 0.6) is 23.0 Å². The Morgan fingerprint density at radius 2 is 1.53 bits per heavy atom. The summed E-state index contributed by atoms with van der Waals surface area (Å²) in [4.78, 5) is 14.6. The molecule has 1 aliphatic heterocycles. The number of carbonyl (C=O) groups excluding carboxylic acids is 1. The number of nitrogens with zero attached hydrogens (tertiary/aromatic N) is 1. The van der Waals surface area contributed by atoms with Gasteiger partial charge in [-0.05, 0) is 97.5 Å². The Labute approximate surface area is 216 Å². The number of phenols is 2. The summed E-state index contributed by atoms with van der Waals surface area (Å²) in [5.74, 6) is 1.64. The zero-order valence-corrected chi connectivity index (χ0v) is 20.6. The van der Waals surface area contributed by atoms with Gasteiger partial charge in [0.15, 0.2) is 0 Å². The van der Waals surface area contributed by atoms with Crippen LogP contribution in [0.4, 0.5) is 5.69 Å². The molecule has 0 aliphatic carbocycles. The first kappa shape index (κ1) is 25.4. The van der Waals surface area contributed by atoms with E-state index in [1.165, 1.54) is 6.42 Å². The normalized spacial score (nSPS) is 13.7. The number of aromatic hydroxyl groups is 2. The Hall–Kier alpha value is -3.74. The van der Waals surface area contributed by atoms with Crippen LogP contribution in [0, 0.1) is 0 Å². The van der Waals surface area contributed by atoms with Crippen LogP contribution in [0.3, 0.4) is 0 Å². The number of hydrogen-bond acceptors (Lipinski definition) is 5. The number of ether oxygens (including phenoxy) is 1. The van der Waals surface area contributed by atoms with E-state index in [2.05, 4.69) is 10.2 Å². The standard InChI is InChI=1S/C29H28N2O4.ClH/c32-23-9-4-20(5-10-23)26-14-6-21-18-24(33)11-15-27(21)29(26)35-25-12-7-22(8-13-25)30-28(34)19-31-16-2-1-3-17-31;/h4-15,18,32-33H,1-3,16-17,19H2,(H,30,34);1H. The minimum Gasteiger partial charge on any atom is -0.508 e. The molecule has 0 saturated carbocycles. The first-order valence-corrected chi connectivity index (χ1v) is 11.9. The van der Waals surface area contributed by atoms with E-state index in [9.17, 15) is 15.0 Å². The van der Waals surface area contributed by atoms with Crippen LogP contribution >= 0.6 is 12.4 Å². The Kier molecular flexibility index (Phi) is 7.98. The third kappa shape index (κ3) is 5.90. The van der Waals surface area contributed by atoms with Crippen molar-refractivity contribution in [1.82, 2.24) is 4.90 Å². The summed E-state index contributed by atoms with van der Waals surface area (Å²) in [6.45, 7) is 2.37. The van der Waals surface area contributed by atoms with Crippen LogP contribution in [0.25, 0.3) is 21.9 Å². The average Bonchev–Trinajstić information content (AvgIpc) is 2.86.